The highest BCUT2D eigenvalue weighted by Crippen LogP contribution is 2.36. The number of nitrogens with zero attached hydrogens (tertiary/aromatic N) is 1. The van der Waals surface area contributed by atoms with Gasteiger partial charge >= 0.3 is 5.97 Å². The maximum Gasteiger partial charge on any atom is 0.310 e. The van der Waals surface area contributed by atoms with Crippen molar-refractivity contribution in [2.24, 2.45) is 5.41 Å². The maximum atomic E-state index is 11.6. The van der Waals surface area contributed by atoms with Crippen LogP contribution in [-0.2, 0) is 11.3 Å². The molecule has 1 saturated heterocycles. The van der Waals surface area contributed by atoms with E-state index in [-0.39, 0.29) is 0 Å². The van der Waals surface area contributed by atoms with Gasteiger partial charge in [0.25, 0.3) is 0 Å². The molecule has 1 aromatic rings. The predicted octanol–water partition coefficient (Wildman–Crippen LogP) is 2.77. The van der Waals surface area contributed by atoms with Crippen molar-refractivity contribution in [2.75, 3.05) is 20.2 Å². The number of likely N-dealkylation sites (tertiary alicyclic amines) is 1. The van der Waals surface area contributed by atoms with Crippen LogP contribution in [0.1, 0.15) is 31.7 Å². The molecule has 1 fully saturated rings. The lowest BCUT2D eigenvalue weighted by Crippen LogP contribution is -2.34. The monoisotopic (exact) mass is 277 g/mol. The van der Waals surface area contributed by atoms with Crippen molar-refractivity contribution >= 4 is 5.97 Å². The average Bonchev–Trinajstić information content (AvgIpc) is 2.84. The van der Waals surface area contributed by atoms with Crippen LogP contribution in [0.25, 0.3) is 0 Å². The molecule has 0 amide bonds. The first-order chi connectivity index (χ1) is 9.59. The molecule has 0 aliphatic carbocycles. The Morgan fingerprint density at radius 3 is 2.65 bits per heavy atom. The number of hydrogen-bond donors (Lipinski definition) is 1. The number of hydrogen-bond acceptors (Lipinski definition) is 3. The second-order valence-corrected chi connectivity index (χ2v) is 5.64. The molecule has 0 aromatic heterocycles. The van der Waals surface area contributed by atoms with E-state index in [0.717, 1.165) is 38.1 Å². The summed E-state index contributed by atoms with van der Waals surface area (Å²) in [5.41, 5.74) is 0.657. The lowest BCUT2D eigenvalue weighted by atomic mass is 9.83. The van der Waals surface area contributed by atoms with E-state index >= 15 is 0 Å². The highest BCUT2D eigenvalue weighted by Gasteiger charge is 2.43. The molecule has 1 heterocycles. The molecule has 2 rings (SSSR count). The summed E-state index contributed by atoms with van der Waals surface area (Å²) in [6.07, 6.45) is 2.44. The molecule has 1 unspecified atom stereocenters. The Labute approximate surface area is 120 Å². The number of rotatable bonds is 6. The van der Waals surface area contributed by atoms with Gasteiger partial charge < -0.3 is 9.84 Å². The van der Waals surface area contributed by atoms with Gasteiger partial charge in [-0.05, 0) is 37.1 Å². The van der Waals surface area contributed by atoms with Gasteiger partial charge in [-0.3, -0.25) is 9.69 Å². The van der Waals surface area contributed by atoms with Crippen molar-refractivity contribution in [1.82, 2.24) is 4.90 Å². The fourth-order valence-corrected chi connectivity index (χ4v) is 3.05. The Balaban J connectivity index is 1.99. The Morgan fingerprint density at radius 1 is 1.40 bits per heavy atom. The summed E-state index contributed by atoms with van der Waals surface area (Å²) in [5.74, 6) is 0.206. The van der Waals surface area contributed by atoms with Crippen molar-refractivity contribution in [1.29, 1.82) is 0 Å². The van der Waals surface area contributed by atoms with E-state index in [1.165, 1.54) is 5.56 Å². The maximum absolute atomic E-state index is 11.6. The quantitative estimate of drug-likeness (QED) is 0.868. The lowest BCUT2D eigenvalue weighted by molar-refractivity contribution is -0.148. The van der Waals surface area contributed by atoms with E-state index in [2.05, 4.69) is 11.8 Å². The van der Waals surface area contributed by atoms with E-state index in [4.69, 9.17) is 4.74 Å². The van der Waals surface area contributed by atoms with E-state index in [0.29, 0.717) is 6.54 Å². The van der Waals surface area contributed by atoms with Crippen molar-refractivity contribution in [3.05, 3.63) is 29.8 Å². The zero-order chi connectivity index (χ0) is 14.6. The molecule has 0 radical (unpaired) electrons. The third kappa shape index (κ3) is 3.12. The molecule has 4 nitrogen and oxygen atoms in total. The molecule has 1 aliphatic heterocycles. The molecule has 0 bridgehead atoms. The Morgan fingerprint density at radius 2 is 2.10 bits per heavy atom. The van der Waals surface area contributed by atoms with Crippen LogP contribution in [0.15, 0.2) is 24.3 Å². The predicted molar refractivity (Wildman–Crippen MR) is 77.9 cm³/mol. The van der Waals surface area contributed by atoms with Gasteiger partial charge in [0.15, 0.2) is 0 Å². The van der Waals surface area contributed by atoms with Crippen LogP contribution >= 0.6 is 0 Å². The first-order valence-electron chi connectivity index (χ1n) is 7.18. The van der Waals surface area contributed by atoms with Gasteiger partial charge in [0, 0.05) is 13.1 Å². The lowest BCUT2D eigenvalue weighted by Gasteiger charge is -2.24. The second-order valence-electron chi connectivity index (χ2n) is 5.64. The molecule has 0 saturated carbocycles. The third-order valence-electron chi connectivity index (χ3n) is 4.18. The van der Waals surface area contributed by atoms with Gasteiger partial charge in [-0.2, -0.15) is 0 Å². The molecule has 1 aromatic carbocycles. The van der Waals surface area contributed by atoms with Gasteiger partial charge in [0.2, 0.25) is 0 Å². The number of carbonyl (C=O) groups is 1. The molecule has 1 N–H and O–H groups in total. The standard InChI is InChI=1S/C16H23NO3/c1-3-8-16(15(18)19)9-10-17(12-16)11-13-4-6-14(20-2)7-5-13/h4-7H,3,8-12H2,1-2H3,(H,18,19). The van der Waals surface area contributed by atoms with E-state index in [1.807, 2.05) is 24.3 Å². The van der Waals surface area contributed by atoms with Crippen LogP contribution in [0.4, 0.5) is 0 Å². The van der Waals surface area contributed by atoms with Gasteiger partial charge in [-0.15, -0.1) is 0 Å². The van der Waals surface area contributed by atoms with E-state index in [9.17, 15) is 9.90 Å². The van der Waals surface area contributed by atoms with Crippen molar-refractivity contribution < 1.29 is 14.6 Å². The molecule has 1 aliphatic rings. The topological polar surface area (TPSA) is 49.8 Å². The summed E-state index contributed by atoms with van der Waals surface area (Å²) in [4.78, 5) is 13.8. The van der Waals surface area contributed by atoms with Crippen LogP contribution in [0, 0.1) is 5.41 Å². The second kappa shape index (κ2) is 6.27. The summed E-state index contributed by atoms with van der Waals surface area (Å²) in [6.45, 7) is 4.38. The van der Waals surface area contributed by atoms with Crippen molar-refractivity contribution in [2.45, 2.75) is 32.7 Å². The van der Waals surface area contributed by atoms with Crippen LogP contribution in [0.5, 0.6) is 5.75 Å². The Bertz CT molecular complexity index is 457. The zero-order valence-electron chi connectivity index (χ0n) is 12.3. The van der Waals surface area contributed by atoms with Crippen molar-refractivity contribution in [3.63, 3.8) is 0 Å². The van der Waals surface area contributed by atoms with Gasteiger partial charge in [0.1, 0.15) is 5.75 Å². The number of ether oxygens (including phenoxy) is 1. The van der Waals surface area contributed by atoms with Crippen LogP contribution < -0.4 is 4.74 Å². The summed E-state index contributed by atoms with van der Waals surface area (Å²) in [7, 11) is 1.65. The average molecular weight is 277 g/mol. The summed E-state index contributed by atoms with van der Waals surface area (Å²) in [5, 5.41) is 9.50. The van der Waals surface area contributed by atoms with Crippen LogP contribution in [0.2, 0.25) is 0 Å². The van der Waals surface area contributed by atoms with Crippen LogP contribution in [0.3, 0.4) is 0 Å². The third-order valence-corrected chi connectivity index (χ3v) is 4.18. The number of benzene rings is 1. The number of carboxylic acids is 1. The van der Waals surface area contributed by atoms with E-state index < -0.39 is 11.4 Å². The highest BCUT2D eigenvalue weighted by atomic mass is 16.5. The molecule has 20 heavy (non-hydrogen) atoms. The van der Waals surface area contributed by atoms with Gasteiger partial charge in [-0.25, -0.2) is 0 Å². The Kier molecular flexibility index (Phi) is 4.65. The first-order valence-corrected chi connectivity index (χ1v) is 7.18. The highest BCUT2D eigenvalue weighted by molar-refractivity contribution is 5.75. The van der Waals surface area contributed by atoms with Crippen LogP contribution in [-0.4, -0.2) is 36.2 Å². The number of methoxy groups -OCH3 is 1. The van der Waals surface area contributed by atoms with E-state index in [1.54, 1.807) is 7.11 Å². The van der Waals surface area contributed by atoms with Gasteiger partial charge in [-0.1, -0.05) is 25.5 Å². The smallest absolute Gasteiger partial charge is 0.310 e. The molecule has 4 heteroatoms. The minimum Gasteiger partial charge on any atom is -0.497 e. The molecule has 1 atom stereocenters. The number of carboxylic acid groups (broad SMARTS) is 1. The largest absolute Gasteiger partial charge is 0.497 e. The molecular weight excluding hydrogens is 254 g/mol. The minimum absolute atomic E-state index is 0.540. The van der Waals surface area contributed by atoms with Gasteiger partial charge in [0.05, 0.1) is 12.5 Å². The first kappa shape index (κ1) is 14.9. The zero-order valence-corrected chi connectivity index (χ0v) is 12.3. The minimum atomic E-state index is -0.642. The summed E-state index contributed by atoms with van der Waals surface area (Å²) >= 11 is 0. The fourth-order valence-electron chi connectivity index (χ4n) is 3.05. The Hall–Kier alpha value is -1.55. The summed E-state index contributed by atoms with van der Waals surface area (Å²) < 4.78 is 5.14. The normalized spacial score (nSPS) is 22.9. The fraction of sp³-hybridized carbons (Fsp3) is 0.562. The molecular formula is C16H23NO3. The SMILES string of the molecule is CCCC1(C(=O)O)CCN(Cc2ccc(OC)cc2)C1. The van der Waals surface area contributed by atoms with Crippen molar-refractivity contribution in [3.8, 4) is 5.75 Å². The summed E-state index contributed by atoms with van der Waals surface area (Å²) in [6, 6.07) is 7.97. The molecule has 110 valence electrons. The molecule has 0 spiro atoms. The number of aliphatic carboxylic acids is 1.